The van der Waals surface area contributed by atoms with Gasteiger partial charge in [0.25, 0.3) is 0 Å². The summed E-state index contributed by atoms with van der Waals surface area (Å²) >= 11 is 0. The zero-order valence-corrected chi connectivity index (χ0v) is 10.2. The van der Waals surface area contributed by atoms with Gasteiger partial charge in [-0.2, -0.15) is 0 Å². The van der Waals surface area contributed by atoms with Gasteiger partial charge in [0.2, 0.25) is 0 Å². The van der Waals surface area contributed by atoms with Gasteiger partial charge in [0, 0.05) is 12.1 Å². The monoisotopic (exact) mass is 210 g/mol. The van der Waals surface area contributed by atoms with Crippen LogP contribution in [0.5, 0.6) is 0 Å². The van der Waals surface area contributed by atoms with E-state index in [0.29, 0.717) is 0 Å². The van der Waals surface area contributed by atoms with E-state index in [2.05, 4.69) is 17.1 Å². The van der Waals surface area contributed by atoms with Crippen LogP contribution in [0.1, 0.15) is 51.9 Å². The van der Waals surface area contributed by atoms with Gasteiger partial charge in [-0.1, -0.05) is 19.8 Å². The summed E-state index contributed by atoms with van der Waals surface area (Å²) in [6.45, 7) is 6.20. The number of piperidine rings is 1. The van der Waals surface area contributed by atoms with Crippen LogP contribution in [-0.2, 0) is 0 Å². The van der Waals surface area contributed by atoms with Crippen molar-refractivity contribution in [1.82, 2.24) is 10.2 Å². The average molecular weight is 210 g/mol. The van der Waals surface area contributed by atoms with Crippen LogP contribution >= 0.6 is 0 Å². The molecule has 2 heterocycles. The Labute approximate surface area is 94.4 Å². The van der Waals surface area contributed by atoms with Crippen molar-refractivity contribution >= 4 is 0 Å². The maximum Gasteiger partial charge on any atom is 0.0122 e. The molecule has 1 atom stereocenters. The molecular formula is C13H26N2. The fourth-order valence-corrected chi connectivity index (χ4v) is 3.26. The molecule has 2 aliphatic rings. The standard InChI is InChI=1S/C13H26N2/c1-2-12-6-4-3-5-11-15(12)13-7-9-14-10-8-13/h12-14H,2-11H2,1H3. The van der Waals surface area contributed by atoms with Crippen LogP contribution in [0.25, 0.3) is 0 Å². The van der Waals surface area contributed by atoms with Crippen molar-refractivity contribution in [2.24, 2.45) is 0 Å². The van der Waals surface area contributed by atoms with E-state index in [-0.39, 0.29) is 0 Å². The molecule has 2 saturated heterocycles. The lowest BCUT2D eigenvalue weighted by Crippen LogP contribution is -2.47. The lowest BCUT2D eigenvalue weighted by atomic mass is 10.00. The van der Waals surface area contributed by atoms with E-state index >= 15 is 0 Å². The van der Waals surface area contributed by atoms with Gasteiger partial charge in [-0.15, -0.1) is 0 Å². The van der Waals surface area contributed by atoms with Crippen molar-refractivity contribution in [3.05, 3.63) is 0 Å². The van der Waals surface area contributed by atoms with Crippen molar-refractivity contribution < 1.29 is 0 Å². The van der Waals surface area contributed by atoms with E-state index in [1.54, 1.807) is 0 Å². The van der Waals surface area contributed by atoms with Crippen molar-refractivity contribution in [3.63, 3.8) is 0 Å². The first kappa shape index (κ1) is 11.4. The van der Waals surface area contributed by atoms with Crippen LogP contribution in [-0.4, -0.2) is 36.6 Å². The molecule has 2 heteroatoms. The summed E-state index contributed by atoms with van der Waals surface area (Å²) in [5.74, 6) is 0. The van der Waals surface area contributed by atoms with Crippen LogP contribution in [0.15, 0.2) is 0 Å². The fourth-order valence-electron chi connectivity index (χ4n) is 3.26. The highest BCUT2D eigenvalue weighted by molar-refractivity contribution is 4.84. The number of hydrogen-bond donors (Lipinski definition) is 1. The van der Waals surface area contributed by atoms with Crippen LogP contribution in [0, 0.1) is 0 Å². The highest BCUT2D eigenvalue weighted by Crippen LogP contribution is 2.24. The summed E-state index contributed by atoms with van der Waals surface area (Å²) < 4.78 is 0. The van der Waals surface area contributed by atoms with Crippen molar-refractivity contribution in [1.29, 1.82) is 0 Å². The normalized spacial score (nSPS) is 31.4. The molecular weight excluding hydrogens is 184 g/mol. The molecule has 1 unspecified atom stereocenters. The number of nitrogens with zero attached hydrogens (tertiary/aromatic N) is 1. The summed E-state index contributed by atoms with van der Waals surface area (Å²) in [6, 6.07) is 1.77. The second-order valence-corrected chi connectivity index (χ2v) is 5.13. The Morgan fingerprint density at radius 3 is 2.60 bits per heavy atom. The Morgan fingerprint density at radius 2 is 1.87 bits per heavy atom. The van der Waals surface area contributed by atoms with Gasteiger partial charge < -0.3 is 5.32 Å². The number of likely N-dealkylation sites (tertiary alicyclic amines) is 1. The van der Waals surface area contributed by atoms with E-state index in [1.165, 1.54) is 64.6 Å². The van der Waals surface area contributed by atoms with Crippen molar-refractivity contribution in [3.8, 4) is 0 Å². The van der Waals surface area contributed by atoms with Crippen LogP contribution < -0.4 is 5.32 Å². The fraction of sp³-hybridized carbons (Fsp3) is 1.00. The summed E-state index contributed by atoms with van der Waals surface area (Å²) in [5, 5.41) is 3.48. The maximum atomic E-state index is 3.48. The molecule has 0 amide bonds. The van der Waals surface area contributed by atoms with E-state index in [0.717, 1.165) is 12.1 Å². The quantitative estimate of drug-likeness (QED) is 0.753. The first-order valence-electron chi connectivity index (χ1n) is 6.88. The Morgan fingerprint density at radius 1 is 1.07 bits per heavy atom. The predicted molar refractivity (Wildman–Crippen MR) is 65.1 cm³/mol. The first-order chi connectivity index (χ1) is 7.42. The molecule has 2 nitrogen and oxygen atoms in total. The maximum absolute atomic E-state index is 3.48. The van der Waals surface area contributed by atoms with E-state index in [1.807, 2.05) is 0 Å². The summed E-state index contributed by atoms with van der Waals surface area (Å²) in [6.07, 6.45) is 9.88. The Balaban J connectivity index is 1.95. The van der Waals surface area contributed by atoms with E-state index < -0.39 is 0 Å². The molecule has 2 aliphatic heterocycles. The van der Waals surface area contributed by atoms with E-state index in [9.17, 15) is 0 Å². The molecule has 0 aromatic rings. The second-order valence-electron chi connectivity index (χ2n) is 5.13. The topological polar surface area (TPSA) is 15.3 Å². The molecule has 1 N–H and O–H groups in total. The molecule has 0 radical (unpaired) electrons. The van der Waals surface area contributed by atoms with Gasteiger partial charge in [-0.3, -0.25) is 4.90 Å². The van der Waals surface area contributed by atoms with Gasteiger partial charge in [0.05, 0.1) is 0 Å². The second kappa shape index (κ2) is 5.86. The highest BCUT2D eigenvalue weighted by Gasteiger charge is 2.27. The molecule has 0 spiro atoms. The molecule has 0 aliphatic carbocycles. The predicted octanol–water partition coefficient (Wildman–Crippen LogP) is 2.39. The number of rotatable bonds is 2. The van der Waals surface area contributed by atoms with Gasteiger partial charge in [-0.05, 0) is 51.7 Å². The molecule has 15 heavy (non-hydrogen) atoms. The van der Waals surface area contributed by atoms with Crippen molar-refractivity contribution in [2.75, 3.05) is 19.6 Å². The molecule has 2 rings (SSSR count). The largest absolute Gasteiger partial charge is 0.317 e. The first-order valence-corrected chi connectivity index (χ1v) is 6.88. The van der Waals surface area contributed by atoms with Crippen LogP contribution in [0.4, 0.5) is 0 Å². The third kappa shape index (κ3) is 2.94. The minimum Gasteiger partial charge on any atom is -0.317 e. The Bertz CT molecular complexity index is 175. The summed E-state index contributed by atoms with van der Waals surface area (Å²) in [4.78, 5) is 2.84. The Kier molecular flexibility index (Phi) is 4.45. The molecule has 0 saturated carbocycles. The van der Waals surface area contributed by atoms with Crippen LogP contribution in [0.3, 0.4) is 0 Å². The number of hydrogen-bond acceptors (Lipinski definition) is 2. The van der Waals surface area contributed by atoms with Crippen LogP contribution in [0.2, 0.25) is 0 Å². The summed E-state index contributed by atoms with van der Waals surface area (Å²) in [5.41, 5.74) is 0. The highest BCUT2D eigenvalue weighted by atomic mass is 15.2. The lowest BCUT2D eigenvalue weighted by Gasteiger charge is -2.39. The Hall–Kier alpha value is -0.0800. The molecule has 88 valence electrons. The lowest BCUT2D eigenvalue weighted by molar-refractivity contribution is 0.108. The summed E-state index contributed by atoms with van der Waals surface area (Å²) in [7, 11) is 0. The van der Waals surface area contributed by atoms with Gasteiger partial charge >= 0.3 is 0 Å². The zero-order chi connectivity index (χ0) is 10.5. The molecule has 0 bridgehead atoms. The van der Waals surface area contributed by atoms with Gasteiger partial charge in [0.1, 0.15) is 0 Å². The van der Waals surface area contributed by atoms with Crippen molar-refractivity contribution in [2.45, 2.75) is 64.0 Å². The smallest absolute Gasteiger partial charge is 0.0122 e. The third-order valence-corrected chi connectivity index (χ3v) is 4.17. The molecule has 0 aromatic carbocycles. The van der Waals surface area contributed by atoms with Gasteiger partial charge in [0.15, 0.2) is 0 Å². The number of nitrogens with one attached hydrogen (secondary N) is 1. The minimum absolute atomic E-state index is 0.884. The molecule has 0 aromatic heterocycles. The average Bonchev–Trinajstić information content (AvgIpc) is 2.55. The van der Waals surface area contributed by atoms with Gasteiger partial charge in [-0.25, -0.2) is 0 Å². The third-order valence-electron chi connectivity index (χ3n) is 4.17. The van der Waals surface area contributed by atoms with E-state index in [4.69, 9.17) is 0 Å². The minimum atomic E-state index is 0.884. The zero-order valence-electron chi connectivity index (χ0n) is 10.2. The SMILES string of the molecule is CCC1CCCCCN1C1CCNCC1. The molecule has 2 fully saturated rings.